The van der Waals surface area contributed by atoms with Crippen LogP contribution in [0.4, 0.5) is 13.2 Å². The molecule has 0 fully saturated rings. The Morgan fingerprint density at radius 2 is 1.39 bits per heavy atom. The van der Waals surface area contributed by atoms with Crippen LogP contribution in [-0.4, -0.2) is 5.51 Å². The molecular weight excluding hydrogens is 372 g/mol. The maximum atomic E-state index is 12.5. The molecule has 0 atom stereocenters. The SMILES string of the molecule is FC(F)(F)Sc1ccccc1-c1ccccc1I. The van der Waals surface area contributed by atoms with Crippen LogP contribution in [0, 0.1) is 3.57 Å². The Labute approximate surface area is 121 Å². The molecule has 5 heteroatoms. The summed E-state index contributed by atoms with van der Waals surface area (Å²) < 4.78 is 38.4. The van der Waals surface area contributed by atoms with Crippen molar-refractivity contribution >= 4 is 34.4 Å². The lowest BCUT2D eigenvalue weighted by Crippen LogP contribution is -2.00. The van der Waals surface area contributed by atoms with E-state index in [0.29, 0.717) is 5.56 Å². The smallest absolute Gasteiger partial charge is 0.160 e. The first-order valence-corrected chi connectivity index (χ1v) is 6.96. The highest BCUT2D eigenvalue weighted by molar-refractivity contribution is 14.1. The second-order valence-corrected chi connectivity index (χ2v) is 5.79. The number of halogens is 4. The summed E-state index contributed by atoms with van der Waals surface area (Å²) in [4.78, 5) is 0.231. The predicted molar refractivity (Wildman–Crippen MR) is 76.5 cm³/mol. The molecule has 0 amide bonds. The summed E-state index contributed by atoms with van der Waals surface area (Å²) in [7, 11) is 0. The van der Waals surface area contributed by atoms with E-state index in [1.165, 1.54) is 6.07 Å². The summed E-state index contributed by atoms with van der Waals surface area (Å²) in [6.07, 6.45) is 0. The van der Waals surface area contributed by atoms with Crippen LogP contribution in [0.2, 0.25) is 0 Å². The fraction of sp³-hybridized carbons (Fsp3) is 0.0769. The van der Waals surface area contributed by atoms with Gasteiger partial charge in [-0.2, -0.15) is 13.2 Å². The number of hydrogen-bond donors (Lipinski definition) is 0. The molecule has 0 saturated carbocycles. The van der Waals surface area contributed by atoms with E-state index in [2.05, 4.69) is 22.6 Å². The Balaban J connectivity index is 2.49. The first-order valence-electron chi connectivity index (χ1n) is 5.07. The van der Waals surface area contributed by atoms with Gasteiger partial charge in [-0.1, -0.05) is 36.4 Å². The molecule has 0 unspecified atom stereocenters. The molecule has 0 saturated heterocycles. The van der Waals surface area contributed by atoms with Crippen LogP contribution in [0.25, 0.3) is 11.1 Å². The minimum Gasteiger partial charge on any atom is -0.160 e. The van der Waals surface area contributed by atoms with Gasteiger partial charge >= 0.3 is 5.51 Å². The topological polar surface area (TPSA) is 0 Å². The van der Waals surface area contributed by atoms with Gasteiger partial charge in [0.2, 0.25) is 0 Å². The van der Waals surface area contributed by atoms with Crippen molar-refractivity contribution in [2.45, 2.75) is 10.4 Å². The highest BCUT2D eigenvalue weighted by Gasteiger charge is 2.30. The van der Waals surface area contributed by atoms with Crippen LogP contribution >= 0.6 is 34.4 Å². The van der Waals surface area contributed by atoms with Gasteiger partial charge in [-0.3, -0.25) is 0 Å². The highest BCUT2D eigenvalue weighted by Crippen LogP contribution is 2.42. The van der Waals surface area contributed by atoms with E-state index in [1.54, 1.807) is 18.2 Å². The Bertz CT molecular complexity index is 552. The Morgan fingerprint density at radius 3 is 2.00 bits per heavy atom. The fourth-order valence-electron chi connectivity index (χ4n) is 1.58. The first kappa shape index (κ1) is 13.7. The lowest BCUT2D eigenvalue weighted by Gasteiger charge is -2.12. The molecule has 0 bridgehead atoms. The van der Waals surface area contributed by atoms with Crippen LogP contribution in [-0.2, 0) is 0 Å². The van der Waals surface area contributed by atoms with E-state index in [9.17, 15) is 13.2 Å². The second kappa shape index (κ2) is 5.52. The van der Waals surface area contributed by atoms with E-state index in [-0.39, 0.29) is 16.7 Å². The molecule has 0 aliphatic carbocycles. The standard InChI is InChI=1S/C13H8F3IS/c14-13(15,16)18-12-8-4-2-6-10(12)9-5-1-3-7-11(9)17/h1-8H. The molecule has 0 radical (unpaired) electrons. The minimum absolute atomic E-state index is 0.0724. The number of hydrogen-bond acceptors (Lipinski definition) is 1. The molecule has 0 aromatic heterocycles. The molecule has 2 aromatic rings. The molecule has 0 nitrogen and oxygen atoms in total. The van der Waals surface area contributed by atoms with Crippen molar-refractivity contribution in [1.29, 1.82) is 0 Å². The molecule has 0 aliphatic rings. The first-order chi connectivity index (χ1) is 8.47. The van der Waals surface area contributed by atoms with Gasteiger partial charge in [-0.15, -0.1) is 0 Å². The van der Waals surface area contributed by atoms with Crippen molar-refractivity contribution in [3.63, 3.8) is 0 Å². The van der Waals surface area contributed by atoms with Crippen molar-refractivity contribution < 1.29 is 13.2 Å². The highest BCUT2D eigenvalue weighted by atomic mass is 127. The van der Waals surface area contributed by atoms with Crippen molar-refractivity contribution in [3.8, 4) is 11.1 Å². The Morgan fingerprint density at radius 1 is 0.833 bits per heavy atom. The Hall–Kier alpha value is -0.690. The van der Waals surface area contributed by atoms with E-state index in [1.807, 2.05) is 24.3 Å². The monoisotopic (exact) mass is 380 g/mol. The van der Waals surface area contributed by atoms with Gasteiger partial charge in [0.15, 0.2) is 0 Å². The van der Waals surface area contributed by atoms with Gasteiger partial charge in [-0.25, -0.2) is 0 Å². The maximum absolute atomic E-state index is 12.5. The molecular formula is C13H8F3IS. The summed E-state index contributed by atoms with van der Waals surface area (Å²) >= 11 is 2.05. The number of rotatable bonds is 2. The summed E-state index contributed by atoms with van der Waals surface area (Å²) in [5, 5.41) is 0. The minimum atomic E-state index is -4.27. The average Bonchev–Trinajstić information content (AvgIpc) is 2.29. The third-order valence-electron chi connectivity index (χ3n) is 2.28. The van der Waals surface area contributed by atoms with Crippen molar-refractivity contribution in [3.05, 3.63) is 52.1 Å². The van der Waals surface area contributed by atoms with Gasteiger partial charge in [-0.05, 0) is 57.6 Å². The quantitative estimate of drug-likeness (QED) is 0.485. The van der Waals surface area contributed by atoms with Gasteiger partial charge in [0, 0.05) is 8.47 Å². The largest absolute Gasteiger partial charge is 0.446 e. The zero-order chi connectivity index (χ0) is 13.2. The van der Waals surface area contributed by atoms with E-state index < -0.39 is 5.51 Å². The lowest BCUT2D eigenvalue weighted by molar-refractivity contribution is -0.0327. The molecule has 18 heavy (non-hydrogen) atoms. The molecule has 0 spiro atoms. The zero-order valence-electron chi connectivity index (χ0n) is 9.04. The normalized spacial score (nSPS) is 11.6. The van der Waals surface area contributed by atoms with Crippen LogP contribution in [0.3, 0.4) is 0 Å². The molecule has 0 N–H and O–H groups in total. The average molecular weight is 380 g/mol. The summed E-state index contributed by atoms with van der Waals surface area (Å²) in [5.41, 5.74) is -2.83. The zero-order valence-corrected chi connectivity index (χ0v) is 12.0. The van der Waals surface area contributed by atoms with Crippen LogP contribution in [0.15, 0.2) is 53.4 Å². The molecule has 2 rings (SSSR count). The summed E-state index contributed by atoms with van der Waals surface area (Å²) in [6, 6.07) is 14.0. The van der Waals surface area contributed by atoms with Gasteiger partial charge in [0.1, 0.15) is 0 Å². The van der Waals surface area contributed by atoms with Crippen LogP contribution < -0.4 is 0 Å². The molecule has 0 heterocycles. The fourth-order valence-corrected chi connectivity index (χ4v) is 2.94. The van der Waals surface area contributed by atoms with E-state index in [4.69, 9.17) is 0 Å². The third-order valence-corrected chi connectivity index (χ3v) is 4.02. The summed E-state index contributed by atoms with van der Waals surface area (Å²) in [6.45, 7) is 0. The number of thioether (sulfide) groups is 1. The van der Waals surface area contributed by atoms with Crippen molar-refractivity contribution in [1.82, 2.24) is 0 Å². The van der Waals surface area contributed by atoms with Crippen molar-refractivity contribution in [2.75, 3.05) is 0 Å². The van der Waals surface area contributed by atoms with Crippen LogP contribution in [0.1, 0.15) is 0 Å². The molecule has 2 aromatic carbocycles. The van der Waals surface area contributed by atoms with Gasteiger partial charge in [0.25, 0.3) is 0 Å². The Kier molecular flexibility index (Phi) is 4.21. The van der Waals surface area contributed by atoms with Gasteiger partial charge < -0.3 is 0 Å². The number of benzene rings is 2. The number of alkyl halides is 3. The van der Waals surface area contributed by atoms with E-state index in [0.717, 1.165) is 9.13 Å². The predicted octanol–water partition coefficient (Wildman–Crippen LogP) is 5.57. The molecule has 0 aliphatic heterocycles. The van der Waals surface area contributed by atoms with Crippen LogP contribution in [0.5, 0.6) is 0 Å². The molecule has 94 valence electrons. The maximum Gasteiger partial charge on any atom is 0.446 e. The lowest BCUT2D eigenvalue weighted by atomic mass is 10.1. The van der Waals surface area contributed by atoms with E-state index >= 15 is 0 Å². The van der Waals surface area contributed by atoms with Gasteiger partial charge in [0.05, 0.1) is 0 Å². The summed E-state index contributed by atoms with van der Waals surface area (Å²) in [5.74, 6) is 0. The second-order valence-electron chi connectivity index (χ2n) is 3.52. The van der Waals surface area contributed by atoms with Crippen molar-refractivity contribution in [2.24, 2.45) is 0 Å². The third kappa shape index (κ3) is 3.41.